The quantitative estimate of drug-likeness (QED) is 0.0796. The lowest BCUT2D eigenvalue weighted by atomic mass is 9.84. The summed E-state index contributed by atoms with van der Waals surface area (Å²) >= 11 is 33.4. The molecule has 0 aliphatic heterocycles. The summed E-state index contributed by atoms with van der Waals surface area (Å²) in [4.78, 5) is 0. The van der Waals surface area contributed by atoms with Gasteiger partial charge < -0.3 is 0 Å². The van der Waals surface area contributed by atoms with Crippen LogP contribution in [0.4, 0.5) is 4.39 Å². The number of rotatable bonds is 6. The Labute approximate surface area is 398 Å². The lowest BCUT2D eigenvalue weighted by Crippen LogP contribution is -2.22. The summed E-state index contributed by atoms with van der Waals surface area (Å²) in [6.45, 7) is 0. The fraction of sp³-hybridized carbons (Fsp3) is 0.0943. The zero-order chi connectivity index (χ0) is 43.5. The maximum absolute atomic E-state index is 12.2. The van der Waals surface area contributed by atoms with Gasteiger partial charge in [-0.25, -0.2) is 4.39 Å². The predicted molar refractivity (Wildman–Crippen MR) is 278 cm³/mol. The van der Waals surface area contributed by atoms with Gasteiger partial charge in [0.05, 0.1) is 10.00 Å². The first-order valence-electron chi connectivity index (χ1n) is 19.5. The average molecular weight is 934 g/mol. The van der Waals surface area contributed by atoms with Crippen molar-refractivity contribution in [2.24, 2.45) is 0 Å². The van der Waals surface area contributed by atoms with Gasteiger partial charge in [0, 0.05) is 27.3 Å². The highest BCUT2D eigenvalue weighted by Gasteiger charge is 2.31. The van der Waals surface area contributed by atoms with Gasteiger partial charge in [-0.3, -0.25) is 0 Å². The van der Waals surface area contributed by atoms with Crippen LogP contribution in [0.25, 0.3) is 11.1 Å². The van der Waals surface area contributed by atoms with Gasteiger partial charge >= 0.3 is 0 Å². The maximum Gasteiger partial charge on any atom is 0.123 e. The van der Waals surface area contributed by atoms with E-state index in [9.17, 15) is 4.39 Å². The largest absolute Gasteiger partial charge is 0.207 e. The van der Waals surface area contributed by atoms with Crippen LogP contribution < -0.4 is 0 Å². The Hall–Kier alpha value is -3.98. The third-order valence-electron chi connectivity index (χ3n) is 9.70. The van der Waals surface area contributed by atoms with E-state index in [0.29, 0.717) is 11.5 Å². The van der Waals surface area contributed by atoms with Gasteiger partial charge in [-0.1, -0.05) is 205 Å². The molecular formula is C53H47Cl2FS5. The van der Waals surface area contributed by atoms with E-state index >= 15 is 0 Å². The number of halogens is 3. The topological polar surface area (TPSA) is 0 Å². The van der Waals surface area contributed by atoms with Crippen LogP contribution in [0, 0.1) is 5.82 Å². The molecule has 8 heteroatoms. The Bertz CT molecular complexity index is 2300. The van der Waals surface area contributed by atoms with Gasteiger partial charge in [0.1, 0.15) is 5.82 Å². The van der Waals surface area contributed by atoms with Gasteiger partial charge in [-0.15, -0.1) is 0 Å². The van der Waals surface area contributed by atoms with Crippen molar-refractivity contribution in [2.75, 3.05) is 0 Å². The smallest absolute Gasteiger partial charge is 0.123 e. The van der Waals surface area contributed by atoms with E-state index in [1.165, 1.54) is 56.6 Å². The monoisotopic (exact) mass is 932 g/mol. The normalized spacial score (nSPS) is 11.1. The minimum atomic E-state index is -0.427. The molecule has 0 bridgehead atoms. The SMILES string of the molecule is Fc1ccc(CS)cc1.SC(c1ccccc1)(c1ccccc1)c1ccccc1.SC1c2ccccc2-c2ccccc21.SCc1ccc(Cl)cc1.SCc1ccccc1Cl. The highest BCUT2D eigenvalue weighted by Crippen LogP contribution is 2.46. The second kappa shape index (κ2) is 25.2. The van der Waals surface area contributed by atoms with E-state index < -0.39 is 4.75 Å². The molecule has 0 saturated carbocycles. The van der Waals surface area contributed by atoms with Crippen LogP contribution in [0.3, 0.4) is 0 Å². The van der Waals surface area contributed by atoms with Crippen LogP contribution >= 0.6 is 86.3 Å². The van der Waals surface area contributed by atoms with Crippen molar-refractivity contribution in [3.05, 3.63) is 273 Å². The van der Waals surface area contributed by atoms with E-state index in [1.807, 2.05) is 66.7 Å². The van der Waals surface area contributed by atoms with Crippen LogP contribution in [-0.2, 0) is 22.0 Å². The molecule has 0 saturated heterocycles. The zero-order valence-corrected chi connectivity index (χ0v) is 39.3. The molecule has 1 aliphatic rings. The predicted octanol–water partition coefficient (Wildman–Crippen LogP) is 16.4. The first-order valence-corrected chi connectivity index (χ1v) is 23.1. The second-order valence-corrected chi connectivity index (χ2v) is 16.7. The van der Waals surface area contributed by atoms with Crippen LogP contribution in [0.15, 0.2) is 212 Å². The third kappa shape index (κ3) is 13.8. The average Bonchev–Trinajstić information content (AvgIpc) is 3.62. The molecule has 0 amide bonds. The number of benzene rings is 8. The first-order chi connectivity index (χ1) is 29.7. The minimum absolute atomic E-state index is 0.194. The van der Waals surface area contributed by atoms with E-state index in [4.69, 9.17) is 35.8 Å². The summed E-state index contributed by atoms with van der Waals surface area (Å²) in [5, 5.41) is 1.83. The molecule has 0 aromatic heterocycles. The molecular weight excluding hydrogens is 887 g/mol. The lowest BCUT2D eigenvalue weighted by Gasteiger charge is -2.30. The molecule has 0 heterocycles. The molecule has 0 N–H and O–H groups in total. The standard InChI is InChI=1S/C19H16S.C13H10S.2C7H7ClS.C7H7FS/c20-19(16-10-4-1-5-11-16,17-12-6-2-7-13-17)18-14-8-3-9-15-18;14-13-11-7-3-1-5-9(11)10-6-2-4-8-12(10)13;8-7-3-1-6(5-9)2-4-7;8-7-4-2-1-3-6(7)5-9;8-7-3-1-6(5-9)2-4-7/h1-15,20H;1-8,13-14H;3*1-4,9H,5H2. The summed E-state index contributed by atoms with van der Waals surface area (Å²) in [6, 6.07) is 69.9. The van der Waals surface area contributed by atoms with Gasteiger partial charge in [-0.05, 0) is 86.0 Å². The van der Waals surface area contributed by atoms with E-state index in [-0.39, 0.29) is 11.1 Å². The lowest BCUT2D eigenvalue weighted by molar-refractivity contribution is 0.627. The van der Waals surface area contributed by atoms with Crippen molar-refractivity contribution in [1.29, 1.82) is 0 Å². The van der Waals surface area contributed by atoms with Crippen LogP contribution in [-0.4, -0.2) is 0 Å². The highest BCUT2D eigenvalue weighted by molar-refractivity contribution is 7.82. The number of hydrogen-bond donors (Lipinski definition) is 5. The van der Waals surface area contributed by atoms with Crippen molar-refractivity contribution in [2.45, 2.75) is 27.3 Å². The molecule has 8 aromatic carbocycles. The molecule has 61 heavy (non-hydrogen) atoms. The summed E-state index contributed by atoms with van der Waals surface area (Å²) in [5.74, 6) is 1.96. The van der Waals surface area contributed by atoms with Crippen molar-refractivity contribution >= 4 is 86.3 Å². The van der Waals surface area contributed by atoms with Gasteiger partial charge in [0.25, 0.3) is 0 Å². The highest BCUT2D eigenvalue weighted by atomic mass is 35.5. The van der Waals surface area contributed by atoms with Crippen LogP contribution in [0.2, 0.25) is 10.0 Å². The molecule has 0 radical (unpaired) electrons. The van der Waals surface area contributed by atoms with Crippen molar-refractivity contribution in [3.8, 4) is 11.1 Å². The third-order valence-corrected chi connectivity index (χ3v) is 12.7. The fourth-order valence-electron chi connectivity index (χ4n) is 6.47. The number of hydrogen-bond acceptors (Lipinski definition) is 5. The van der Waals surface area contributed by atoms with E-state index in [1.54, 1.807) is 12.1 Å². The Morgan fingerprint density at radius 1 is 0.426 bits per heavy atom. The molecule has 0 spiro atoms. The van der Waals surface area contributed by atoms with E-state index in [2.05, 4.69) is 172 Å². The van der Waals surface area contributed by atoms with Crippen molar-refractivity contribution < 1.29 is 4.39 Å². The minimum Gasteiger partial charge on any atom is -0.207 e. The van der Waals surface area contributed by atoms with E-state index in [0.717, 1.165) is 26.9 Å². The molecule has 9 rings (SSSR count). The molecule has 8 aromatic rings. The molecule has 0 atom stereocenters. The summed E-state index contributed by atoms with van der Waals surface area (Å²) in [5.41, 5.74) is 12.2. The maximum atomic E-state index is 12.2. The second-order valence-electron chi connectivity index (χ2n) is 13.7. The summed E-state index contributed by atoms with van der Waals surface area (Å²) in [6.07, 6.45) is 0. The number of thiol groups is 5. The molecule has 0 unspecified atom stereocenters. The molecule has 1 aliphatic carbocycles. The Morgan fingerprint density at radius 3 is 1.16 bits per heavy atom. The Balaban J connectivity index is 0.000000151. The molecule has 310 valence electrons. The Morgan fingerprint density at radius 2 is 0.787 bits per heavy atom. The molecule has 0 nitrogen and oxygen atoms in total. The fourth-order valence-corrected chi connectivity index (χ4v) is 8.49. The van der Waals surface area contributed by atoms with Crippen LogP contribution in [0.1, 0.15) is 49.8 Å². The van der Waals surface area contributed by atoms with Crippen LogP contribution in [0.5, 0.6) is 0 Å². The Kier molecular flexibility index (Phi) is 19.9. The first kappa shape index (κ1) is 48.1. The molecule has 0 fully saturated rings. The zero-order valence-electron chi connectivity index (χ0n) is 33.3. The van der Waals surface area contributed by atoms with Crippen molar-refractivity contribution in [3.63, 3.8) is 0 Å². The van der Waals surface area contributed by atoms with Gasteiger partial charge in [0.15, 0.2) is 0 Å². The number of fused-ring (bicyclic) bond motifs is 3. The summed E-state index contributed by atoms with van der Waals surface area (Å²) < 4.78 is 11.8. The summed E-state index contributed by atoms with van der Waals surface area (Å²) in [7, 11) is 0. The van der Waals surface area contributed by atoms with Crippen molar-refractivity contribution in [1.82, 2.24) is 0 Å². The van der Waals surface area contributed by atoms with Gasteiger partial charge in [-0.2, -0.15) is 63.1 Å². The van der Waals surface area contributed by atoms with Gasteiger partial charge in [0.2, 0.25) is 0 Å².